The topological polar surface area (TPSA) is 65.6 Å². The summed E-state index contributed by atoms with van der Waals surface area (Å²) in [5.74, 6) is 1.06. The van der Waals surface area contributed by atoms with E-state index < -0.39 is 0 Å². The zero-order chi connectivity index (χ0) is 21.3. The van der Waals surface area contributed by atoms with Crippen molar-refractivity contribution in [3.05, 3.63) is 71.5 Å². The molecule has 162 valence electrons. The van der Waals surface area contributed by atoms with Crippen molar-refractivity contribution in [3.63, 3.8) is 0 Å². The summed E-state index contributed by atoms with van der Waals surface area (Å²) in [5.41, 5.74) is 6.82. The summed E-state index contributed by atoms with van der Waals surface area (Å²) in [6, 6.07) is 19.8. The van der Waals surface area contributed by atoms with Crippen LogP contribution in [-0.4, -0.2) is 28.0 Å². The lowest BCUT2D eigenvalue weighted by atomic mass is 10.0. The maximum atomic E-state index is 5.06. The van der Waals surface area contributed by atoms with Crippen LogP contribution in [0.15, 0.2) is 60.0 Å². The van der Waals surface area contributed by atoms with E-state index in [1.54, 1.807) is 11.3 Å². The van der Waals surface area contributed by atoms with Crippen molar-refractivity contribution in [3.8, 4) is 33.1 Å². The number of aromatic amines is 1. The molecule has 2 aromatic carbocycles. The van der Waals surface area contributed by atoms with Gasteiger partial charge in [-0.25, -0.2) is 9.97 Å². The summed E-state index contributed by atoms with van der Waals surface area (Å²) >= 11 is 1.70. The van der Waals surface area contributed by atoms with Crippen LogP contribution in [0.25, 0.3) is 33.1 Å². The van der Waals surface area contributed by atoms with Crippen LogP contribution < -0.4 is 10.6 Å². The van der Waals surface area contributed by atoms with Gasteiger partial charge in [0.25, 0.3) is 0 Å². The third-order valence-electron chi connectivity index (χ3n) is 6.53. The highest BCUT2D eigenvalue weighted by Gasteiger charge is 2.28. The molecule has 0 spiro atoms. The van der Waals surface area contributed by atoms with Crippen LogP contribution in [0.1, 0.15) is 49.3 Å². The van der Waals surface area contributed by atoms with Gasteiger partial charge in [0.1, 0.15) is 16.5 Å². The highest BCUT2D eigenvalue weighted by molar-refractivity contribution is 7.13. The summed E-state index contributed by atoms with van der Waals surface area (Å²) in [6.07, 6.45) is 4.68. The monoisotopic (exact) mass is 441 g/mol. The Balaban J connectivity index is 1.31. The van der Waals surface area contributed by atoms with Gasteiger partial charge in [-0.1, -0.05) is 54.6 Å². The Kier molecular flexibility index (Phi) is 5.35. The van der Waals surface area contributed by atoms with E-state index in [1.165, 1.54) is 24.0 Å². The van der Waals surface area contributed by atoms with Gasteiger partial charge in [-0.05, 0) is 49.9 Å². The normalized spacial score (nSPS) is 20.8. The highest BCUT2D eigenvalue weighted by Crippen LogP contribution is 2.36. The molecule has 6 rings (SSSR count). The predicted octanol–water partition coefficient (Wildman–Crippen LogP) is 5.72. The molecule has 6 heteroatoms. The lowest BCUT2D eigenvalue weighted by Gasteiger charge is -2.08. The van der Waals surface area contributed by atoms with Crippen LogP contribution in [0.5, 0.6) is 0 Å². The molecule has 2 aliphatic heterocycles. The van der Waals surface area contributed by atoms with Crippen molar-refractivity contribution >= 4 is 11.3 Å². The fourth-order valence-corrected chi connectivity index (χ4v) is 5.63. The molecule has 2 aromatic heterocycles. The first-order chi connectivity index (χ1) is 15.8. The highest BCUT2D eigenvalue weighted by atomic mass is 32.1. The van der Waals surface area contributed by atoms with Gasteiger partial charge in [0.2, 0.25) is 0 Å². The van der Waals surface area contributed by atoms with E-state index in [0.29, 0.717) is 12.1 Å². The zero-order valence-electron chi connectivity index (χ0n) is 18.0. The standard InChI is InChI=1S/C26H27N5S/c1-2-6-17(7-3-1)18-10-12-19(13-11-18)26-29-22(16-32-26)24-23(20-8-4-14-27-20)30-25(31-24)21-9-5-15-28-21/h1-3,6-7,10-13,16,20-21,27-28H,4-5,8-9,14-15H2,(H,30,31)/t20-,21-/m0/s1. The number of nitrogens with zero attached hydrogens (tertiary/aromatic N) is 2. The number of rotatable bonds is 5. The predicted molar refractivity (Wildman–Crippen MR) is 131 cm³/mol. The van der Waals surface area contributed by atoms with Crippen molar-refractivity contribution in [1.82, 2.24) is 25.6 Å². The molecule has 3 N–H and O–H groups in total. The first-order valence-electron chi connectivity index (χ1n) is 11.5. The fraction of sp³-hybridized carbons (Fsp3) is 0.308. The molecule has 4 aromatic rings. The number of thiazole rings is 1. The summed E-state index contributed by atoms with van der Waals surface area (Å²) < 4.78 is 0. The van der Waals surface area contributed by atoms with Crippen LogP contribution in [0.3, 0.4) is 0 Å². The Morgan fingerprint density at radius 2 is 1.44 bits per heavy atom. The minimum absolute atomic E-state index is 0.312. The smallest absolute Gasteiger partial charge is 0.124 e. The van der Waals surface area contributed by atoms with E-state index in [-0.39, 0.29) is 0 Å². The second-order valence-corrected chi connectivity index (χ2v) is 9.52. The van der Waals surface area contributed by atoms with Crippen molar-refractivity contribution in [1.29, 1.82) is 0 Å². The van der Waals surface area contributed by atoms with Crippen LogP contribution in [0.2, 0.25) is 0 Å². The molecule has 0 amide bonds. The van der Waals surface area contributed by atoms with E-state index in [4.69, 9.17) is 9.97 Å². The number of hydrogen-bond acceptors (Lipinski definition) is 5. The van der Waals surface area contributed by atoms with Crippen molar-refractivity contribution < 1.29 is 0 Å². The number of H-pyrrole nitrogens is 1. The number of aromatic nitrogens is 3. The SMILES string of the molecule is c1ccc(-c2ccc(-c3nc(-c4[nH]c([C@@H]5CCCN5)nc4[C@@H]4CCCN4)cs3)cc2)cc1. The average molecular weight is 442 g/mol. The molecule has 32 heavy (non-hydrogen) atoms. The first-order valence-corrected chi connectivity index (χ1v) is 12.4. The second-order valence-electron chi connectivity index (χ2n) is 8.66. The Bertz CT molecular complexity index is 1180. The van der Waals surface area contributed by atoms with E-state index >= 15 is 0 Å². The van der Waals surface area contributed by atoms with Gasteiger partial charge < -0.3 is 15.6 Å². The third-order valence-corrected chi connectivity index (χ3v) is 7.42. The lowest BCUT2D eigenvalue weighted by Crippen LogP contribution is -2.16. The largest absolute Gasteiger partial charge is 0.339 e. The zero-order valence-corrected chi connectivity index (χ0v) is 18.8. The van der Waals surface area contributed by atoms with Crippen LogP contribution in [0, 0.1) is 0 Å². The molecule has 0 radical (unpaired) electrons. The molecule has 0 aliphatic carbocycles. The van der Waals surface area contributed by atoms with Crippen LogP contribution in [0.4, 0.5) is 0 Å². The average Bonchev–Trinajstić information content (AvgIpc) is 3.64. The molecule has 0 bridgehead atoms. The number of hydrogen-bond donors (Lipinski definition) is 3. The van der Waals surface area contributed by atoms with Gasteiger partial charge in [0.15, 0.2) is 0 Å². The molecular formula is C26H27N5S. The van der Waals surface area contributed by atoms with Gasteiger partial charge in [0.05, 0.1) is 23.5 Å². The van der Waals surface area contributed by atoms with Crippen molar-refractivity contribution in [2.45, 2.75) is 37.8 Å². The number of nitrogens with one attached hydrogen (secondary N) is 3. The Labute approximate surface area is 192 Å². The van der Waals surface area contributed by atoms with Gasteiger partial charge in [0, 0.05) is 10.9 Å². The molecule has 2 aliphatic rings. The Morgan fingerprint density at radius 1 is 0.750 bits per heavy atom. The minimum Gasteiger partial charge on any atom is -0.339 e. The fourth-order valence-electron chi connectivity index (χ4n) is 4.81. The lowest BCUT2D eigenvalue weighted by molar-refractivity contribution is 0.597. The second kappa shape index (κ2) is 8.62. The molecule has 2 fully saturated rings. The molecule has 0 saturated carbocycles. The Morgan fingerprint density at radius 3 is 2.16 bits per heavy atom. The van der Waals surface area contributed by atoms with E-state index in [9.17, 15) is 0 Å². The van der Waals surface area contributed by atoms with Crippen LogP contribution >= 0.6 is 11.3 Å². The summed E-state index contributed by atoms with van der Waals surface area (Å²) in [6.45, 7) is 2.13. The quantitative estimate of drug-likeness (QED) is 0.371. The Hall–Kier alpha value is -2.80. The minimum atomic E-state index is 0.312. The van der Waals surface area contributed by atoms with Gasteiger partial charge >= 0.3 is 0 Å². The van der Waals surface area contributed by atoms with Crippen molar-refractivity contribution in [2.24, 2.45) is 0 Å². The van der Waals surface area contributed by atoms with Gasteiger partial charge in [-0.2, -0.15) is 0 Å². The third kappa shape index (κ3) is 3.79. The molecule has 2 atom stereocenters. The number of imidazole rings is 1. The molecule has 2 saturated heterocycles. The van der Waals surface area contributed by atoms with E-state index in [2.05, 4.69) is 69.5 Å². The van der Waals surface area contributed by atoms with Crippen molar-refractivity contribution in [2.75, 3.05) is 13.1 Å². The maximum Gasteiger partial charge on any atom is 0.124 e. The summed E-state index contributed by atoms with van der Waals surface area (Å²) in [7, 11) is 0. The maximum absolute atomic E-state index is 5.06. The molecular weight excluding hydrogens is 414 g/mol. The van der Waals surface area contributed by atoms with Gasteiger partial charge in [-0.3, -0.25) is 0 Å². The van der Waals surface area contributed by atoms with E-state index in [1.807, 2.05) is 6.07 Å². The number of benzene rings is 2. The molecule has 4 heterocycles. The molecule has 0 unspecified atom stereocenters. The summed E-state index contributed by atoms with van der Waals surface area (Å²) in [5, 5.41) is 10.4. The van der Waals surface area contributed by atoms with E-state index in [0.717, 1.165) is 59.4 Å². The summed E-state index contributed by atoms with van der Waals surface area (Å²) in [4.78, 5) is 13.7. The first kappa shape index (κ1) is 19.9. The van der Waals surface area contributed by atoms with Crippen LogP contribution in [-0.2, 0) is 0 Å². The van der Waals surface area contributed by atoms with Gasteiger partial charge in [-0.15, -0.1) is 11.3 Å². The molecule has 5 nitrogen and oxygen atoms in total.